The molecule has 4 atom stereocenters. The van der Waals surface area contributed by atoms with Crippen LogP contribution in [0.3, 0.4) is 0 Å². The molecule has 3 heterocycles. The maximum absolute atomic E-state index is 12.4. The number of amides is 2. The van der Waals surface area contributed by atoms with E-state index in [1.807, 2.05) is 22.8 Å². The lowest BCUT2D eigenvalue weighted by molar-refractivity contribution is -0.730. The van der Waals surface area contributed by atoms with Crippen molar-refractivity contribution in [1.82, 2.24) is 4.90 Å². The molecule has 2 aliphatic heterocycles. The zero-order chi connectivity index (χ0) is 15.4. The van der Waals surface area contributed by atoms with Crippen molar-refractivity contribution >= 4 is 29.1 Å². The minimum absolute atomic E-state index is 0.215. The summed E-state index contributed by atoms with van der Waals surface area (Å²) in [6, 6.07) is 3.62. The lowest BCUT2D eigenvalue weighted by atomic mass is 9.81. The molecule has 0 aromatic carbocycles. The Balaban J connectivity index is 2.10. The summed E-state index contributed by atoms with van der Waals surface area (Å²) in [5, 5.41) is 3.75. The first-order valence-electron chi connectivity index (χ1n) is 6.71. The first kappa shape index (κ1) is 14.2. The number of hydrogen-bond acceptors (Lipinski definition) is 5. The monoisotopic (exact) mass is 309 g/mol. The van der Waals surface area contributed by atoms with E-state index in [-0.39, 0.29) is 17.9 Å². The summed E-state index contributed by atoms with van der Waals surface area (Å²) < 4.78 is 4.88. The number of thiophene rings is 1. The van der Waals surface area contributed by atoms with Gasteiger partial charge in [-0.2, -0.15) is 0 Å². The molecule has 0 unspecified atom stereocenters. The summed E-state index contributed by atoms with van der Waals surface area (Å²) >= 11 is 1.53. The second-order valence-electron chi connectivity index (χ2n) is 5.72. The molecule has 1 aromatic heterocycles. The lowest BCUT2D eigenvalue weighted by Crippen LogP contribution is -2.97. The zero-order valence-electron chi connectivity index (χ0n) is 12.0. The number of imide groups is 1. The predicted molar refractivity (Wildman–Crippen MR) is 74.2 cm³/mol. The van der Waals surface area contributed by atoms with E-state index in [0.29, 0.717) is 0 Å². The van der Waals surface area contributed by atoms with E-state index in [9.17, 15) is 14.4 Å². The van der Waals surface area contributed by atoms with Gasteiger partial charge < -0.3 is 10.1 Å². The van der Waals surface area contributed by atoms with Crippen LogP contribution in [-0.2, 0) is 19.1 Å². The van der Waals surface area contributed by atoms with Gasteiger partial charge >= 0.3 is 5.97 Å². The number of ether oxygens (including phenoxy) is 1. The fourth-order valence-electron chi connectivity index (χ4n) is 3.56. The smallest absolute Gasteiger partial charge is 0.368 e. The lowest BCUT2D eigenvalue weighted by Gasteiger charge is -2.24. The highest BCUT2D eigenvalue weighted by Gasteiger charge is 2.70. The van der Waals surface area contributed by atoms with Crippen molar-refractivity contribution in [1.29, 1.82) is 0 Å². The number of fused-ring (bicyclic) bond motifs is 1. The maximum atomic E-state index is 12.4. The Kier molecular flexibility index (Phi) is 3.14. The molecule has 2 N–H and O–H groups in total. The van der Waals surface area contributed by atoms with E-state index in [2.05, 4.69) is 0 Å². The van der Waals surface area contributed by atoms with Gasteiger partial charge in [0.25, 0.3) is 0 Å². The van der Waals surface area contributed by atoms with Crippen molar-refractivity contribution in [2.45, 2.75) is 18.5 Å². The molecule has 21 heavy (non-hydrogen) atoms. The van der Waals surface area contributed by atoms with E-state index < -0.39 is 23.3 Å². The van der Waals surface area contributed by atoms with Gasteiger partial charge in [-0.15, -0.1) is 11.3 Å². The molecule has 2 fully saturated rings. The largest absolute Gasteiger partial charge is 0.464 e. The molecular formula is C14H17N2O4S+. The number of nitrogens with two attached hydrogens (primary N) is 1. The Labute approximate surface area is 126 Å². The second-order valence-corrected chi connectivity index (χ2v) is 6.70. The number of hydrogen-bond donors (Lipinski definition) is 1. The van der Waals surface area contributed by atoms with Crippen LogP contribution in [0.4, 0.5) is 0 Å². The van der Waals surface area contributed by atoms with Gasteiger partial charge in [-0.25, -0.2) is 4.79 Å². The fraction of sp³-hybridized carbons (Fsp3) is 0.500. The van der Waals surface area contributed by atoms with Crippen LogP contribution in [-0.4, -0.2) is 42.4 Å². The van der Waals surface area contributed by atoms with Crippen LogP contribution in [0.15, 0.2) is 17.5 Å². The standard InChI is InChI=1S/C14H16N2O4S/c1-14(13(19)20-3)9-8(11(17)16(2)12(9)18)10(15-14)7-5-4-6-21-7/h4-6,8-10,15H,1-3H3/p+1/t8-,9+,10-,14-/m0/s1. The molecule has 0 radical (unpaired) electrons. The topological polar surface area (TPSA) is 80.3 Å². The number of carbonyl (C=O) groups excluding carboxylic acids is 3. The number of esters is 1. The van der Waals surface area contributed by atoms with Crippen LogP contribution in [0.5, 0.6) is 0 Å². The third kappa shape index (κ3) is 1.77. The second kappa shape index (κ2) is 4.64. The Bertz CT molecular complexity index is 615. The molecule has 2 aliphatic rings. The quantitative estimate of drug-likeness (QED) is 0.591. The summed E-state index contributed by atoms with van der Waals surface area (Å²) in [5.74, 6) is -2.16. The average molecular weight is 309 g/mol. The van der Waals surface area contributed by atoms with Crippen molar-refractivity contribution in [2.75, 3.05) is 14.2 Å². The van der Waals surface area contributed by atoms with E-state index >= 15 is 0 Å². The Morgan fingerprint density at radius 2 is 2.14 bits per heavy atom. The minimum atomic E-state index is -1.06. The van der Waals surface area contributed by atoms with Crippen LogP contribution < -0.4 is 5.32 Å². The van der Waals surface area contributed by atoms with Gasteiger partial charge in [0, 0.05) is 14.0 Å². The van der Waals surface area contributed by atoms with E-state index in [1.54, 1.807) is 6.92 Å². The van der Waals surface area contributed by atoms with Crippen molar-refractivity contribution in [3.8, 4) is 0 Å². The van der Waals surface area contributed by atoms with Crippen LogP contribution in [0.25, 0.3) is 0 Å². The van der Waals surface area contributed by atoms with Crippen LogP contribution in [0.1, 0.15) is 17.8 Å². The summed E-state index contributed by atoms with van der Waals surface area (Å²) in [5.41, 5.74) is -1.06. The summed E-state index contributed by atoms with van der Waals surface area (Å²) in [7, 11) is 2.78. The number of nitrogens with zero attached hydrogens (tertiary/aromatic N) is 1. The van der Waals surface area contributed by atoms with Gasteiger partial charge in [0.1, 0.15) is 17.9 Å². The molecule has 0 aliphatic carbocycles. The van der Waals surface area contributed by atoms with Crippen molar-refractivity contribution in [2.24, 2.45) is 11.8 Å². The van der Waals surface area contributed by atoms with Gasteiger partial charge in [-0.05, 0) is 11.4 Å². The number of likely N-dealkylation sites (tertiary alicyclic amines) is 1. The minimum Gasteiger partial charge on any atom is -0.464 e. The number of methoxy groups -OCH3 is 1. The number of rotatable bonds is 2. The highest BCUT2D eigenvalue weighted by molar-refractivity contribution is 7.10. The van der Waals surface area contributed by atoms with Crippen molar-refractivity contribution in [3.63, 3.8) is 0 Å². The van der Waals surface area contributed by atoms with Crippen molar-refractivity contribution < 1.29 is 24.4 Å². The average Bonchev–Trinajstić information content (AvgIpc) is 3.14. The molecule has 2 amide bonds. The number of carbonyl (C=O) groups is 3. The molecule has 0 bridgehead atoms. The molecule has 0 saturated carbocycles. The first-order chi connectivity index (χ1) is 9.91. The molecule has 1 aromatic rings. The Morgan fingerprint density at radius 3 is 2.71 bits per heavy atom. The highest BCUT2D eigenvalue weighted by atomic mass is 32.1. The number of quaternary nitrogens is 1. The molecule has 7 heteroatoms. The normalized spacial score (nSPS) is 35.2. The first-order valence-corrected chi connectivity index (χ1v) is 7.59. The van der Waals surface area contributed by atoms with Crippen molar-refractivity contribution in [3.05, 3.63) is 22.4 Å². The van der Waals surface area contributed by atoms with E-state index in [4.69, 9.17) is 4.74 Å². The van der Waals surface area contributed by atoms with Crippen LogP contribution >= 0.6 is 11.3 Å². The van der Waals surface area contributed by atoms with Gasteiger partial charge in [0.15, 0.2) is 0 Å². The Hall–Kier alpha value is -1.73. The maximum Gasteiger partial charge on any atom is 0.368 e. The zero-order valence-corrected chi connectivity index (χ0v) is 12.8. The molecule has 2 saturated heterocycles. The third-order valence-electron chi connectivity index (χ3n) is 4.63. The van der Waals surface area contributed by atoms with Gasteiger partial charge in [0.05, 0.1) is 12.0 Å². The molecule has 3 rings (SSSR count). The molecule has 112 valence electrons. The summed E-state index contributed by atoms with van der Waals surface area (Å²) in [4.78, 5) is 39.2. The highest BCUT2D eigenvalue weighted by Crippen LogP contribution is 2.44. The van der Waals surface area contributed by atoms with Crippen LogP contribution in [0.2, 0.25) is 0 Å². The van der Waals surface area contributed by atoms with Gasteiger partial charge in [0.2, 0.25) is 17.4 Å². The van der Waals surface area contributed by atoms with E-state index in [1.165, 1.54) is 25.5 Å². The Morgan fingerprint density at radius 1 is 1.43 bits per heavy atom. The van der Waals surface area contributed by atoms with Gasteiger partial charge in [-0.3, -0.25) is 14.5 Å². The summed E-state index contributed by atoms with van der Waals surface area (Å²) in [6.45, 7) is 1.69. The third-order valence-corrected chi connectivity index (χ3v) is 5.60. The molecule has 0 spiro atoms. The summed E-state index contributed by atoms with van der Waals surface area (Å²) in [6.07, 6.45) is 0. The van der Waals surface area contributed by atoms with Gasteiger partial charge in [-0.1, -0.05) is 6.07 Å². The SMILES string of the molecule is COC(=O)[C@@]1(C)[NH2+][C@@H](c2cccs2)[C@H]2C(=O)N(C)C(=O)[C@@H]21. The van der Waals surface area contributed by atoms with Crippen LogP contribution in [0, 0.1) is 11.8 Å². The predicted octanol–water partition coefficient (Wildman–Crippen LogP) is -0.471. The fourth-order valence-corrected chi connectivity index (χ4v) is 4.41. The van der Waals surface area contributed by atoms with E-state index in [0.717, 1.165) is 9.78 Å². The molecular weight excluding hydrogens is 292 g/mol. The molecule has 6 nitrogen and oxygen atoms in total.